The Bertz CT molecular complexity index is 2110. The number of rotatable bonds is 6. The summed E-state index contributed by atoms with van der Waals surface area (Å²) < 4.78 is 20.7. The first kappa shape index (κ1) is 34.9. The smallest absolute Gasteiger partial charge is 0.341 e. The Morgan fingerprint density at radius 3 is 1.59 bits per heavy atom. The lowest BCUT2D eigenvalue weighted by atomic mass is 10.1. The molecule has 1 N–H and O–H groups in total. The number of carbonyl (C=O) groups is 2. The third-order valence-electron chi connectivity index (χ3n) is 8.93. The Morgan fingerprint density at radius 2 is 1.14 bits per heavy atom. The van der Waals surface area contributed by atoms with Gasteiger partial charge in [0.15, 0.2) is 0 Å². The molecule has 49 heavy (non-hydrogen) atoms. The molecule has 4 aromatic carbocycles. The number of phenols is 1. The predicted octanol–water partition coefficient (Wildman–Crippen LogP) is 5.98. The second kappa shape index (κ2) is 13.6. The number of aryl methyl sites for hydroxylation is 4. The van der Waals surface area contributed by atoms with Gasteiger partial charge in [-0.05, 0) is 40.4 Å². The topological polar surface area (TPSA) is 118 Å². The standard InChI is InChI=1S/C27H30N2O3Si.C11H12N2O3/c1-19-24(26(30)31-6)23(17-22-25(19)28-18-29(22)5)32-33(27(2,3)4,20-13-9-7-10-14-20)21-15-11-8-12-16-21;1-6-9(11(15)16-3)8(14)4-7-10(6)12-5-13(7)2/h7-18H,1-6H3;4-5,14H,1-3H3. The van der Waals surface area contributed by atoms with Crippen molar-refractivity contribution in [3.05, 3.63) is 108 Å². The Labute approximate surface area is 287 Å². The van der Waals surface area contributed by atoms with E-state index in [9.17, 15) is 14.7 Å². The monoisotopic (exact) mass is 678 g/mol. The maximum absolute atomic E-state index is 13.0. The summed E-state index contributed by atoms with van der Waals surface area (Å²) in [5.74, 6) is -0.527. The average Bonchev–Trinajstić information content (AvgIpc) is 3.65. The summed E-state index contributed by atoms with van der Waals surface area (Å²) >= 11 is 0. The van der Waals surface area contributed by atoms with Crippen LogP contribution in [0.5, 0.6) is 11.5 Å². The van der Waals surface area contributed by atoms with Crippen molar-refractivity contribution in [2.45, 2.75) is 39.7 Å². The SMILES string of the molecule is COC(=O)c1c(O)cc2c(ncn2C)c1C.COC(=O)c1c(O[Si](c2ccccc2)(c2ccccc2)C(C)(C)C)cc2c(ncn2C)c1C. The molecule has 6 aromatic rings. The highest BCUT2D eigenvalue weighted by Gasteiger charge is 2.52. The normalized spacial score (nSPS) is 11.6. The zero-order chi connectivity index (χ0) is 35.7. The molecule has 0 saturated carbocycles. The number of carbonyl (C=O) groups excluding carboxylic acids is 2. The van der Waals surface area contributed by atoms with Gasteiger partial charge in [-0.15, -0.1) is 0 Å². The third kappa shape index (κ3) is 6.17. The number of ether oxygens (including phenoxy) is 2. The number of nitrogens with zero attached hydrogens (tertiary/aromatic N) is 4. The Hall–Kier alpha value is -5.42. The van der Waals surface area contributed by atoms with Gasteiger partial charge in [0.2, 0.25) is 0 Å². The Morgan fingerprint density at radius 1 is 0.714 bits per heavy atom. The second-order valence-corrected chi connectivity index (χ2v) is 17.2. The van der Waals surface area contributed by atoms with Crippen molar-refractivity contribution >= 4 is 52.7 Å². The van der Waals surface area contributed by atoms with E-state index in [1.165, 1.54) is 20.3 Å². The second-order valence-electron chi connectivity index (χ2n) is 13.0. The lowest BCUT2D eigenvalue weighted by molar-refractivity contribution is 0.0588. The molecule has 0 atom stereocenters. The summed E-state index contributed by atoms with van der Waals surface area (Å²) in [4.78, 5) is 33.2. The van der Waals surface area contributed by atoms with Gasteiger partial charge in [-0.1, -0.05) is 81.4 Å². The van der Waals surface area contributed by atoms with Crippen molar-refractivity contribution < 1.29 is 28.6 Å². The van der Waals surface area contributed by atoms with Crippen LogP contribution in [0.2, 0.25) is 5.04 Å². The predicted molar refractivity (Wildman–Crippen MR) is 193 cm³/mol. The molecule has 0 aliphatic heterocycles. The lowest BCUT2D eigenvalue weighted by Crippen LogP contribution is -2.69. The van der Waals surface area contributed by atoms with Crippen molar-refractivity contribution in [2.24, 2.45) is 14.1 Å². The fraction of sp³-hybridized carbons (Fsp3) is 0.263. The minimum Gasteiger partial charge on any atom is -0.533 e. The van der Waals surface area contributed by atoms with E-state index in [-0.39, 0.29) is 16.4 Å². The van der Waals surface area contributed by atoms with Gasteiger partial charge >= 0.3 is 20.3 Å². The van der Waals surface area contributed by atoms with E-state index in [0.29, 0.717) is 22.4 Å². The first-order valence-corrected chi connectivity index (χ1v) is 17.7. The molecule has 0 radical (unpaired) electrons. The number of fused-ring (bicyclic) bond motifs is 2. The number of hydrogen-bond donors (Lipinski definition) is 1. The zero-order valence-corrected chi connectivity index (χ0v) is 30.4. The molecule has 0 aliphatic carbocycles. The number of aromatic hydroxyl groups is 1. The van der Waals surface area contributed by atoms with E-state index in [1.54, 1.807) is 24.1 Å². The number of benzene rings is 4. The quantitative estimate of drug-likeness (QED) is 0.169. The number of esters is 2. The summed E-state index contributed by atoms with van der Waals surface area (Å²) in [7, 11) is 3.53. The average molecular weight is 679 g/mol. The molecule has 254 valence electrons. The first-order valence-electron chi connectivity index (χ1n) is 15.8. The molecule has 2 heterocycles. The van der Waals surface area contributed by atoms with Gasteiger partial charge in [0.25, 0.3) is 0 Å². The summed E-state index contributed by atoms with van der Waals surface area (Å²) in [5, 5.41) is 11.8. The van der Waals surface area contributed by atoms with Gasteiger partial charge in [0.05, 0.1) is 48.9 Å². The highest BCUT2D eigenvalue weighted by Crippen LogP contribution is 2.40. The van der Waals surface area contributed by atoms with Crippen molar-refractivity contribution in [2.75, 3.05) is 14.2 Å². The molecule has 0 amide bonds. The molecule has 0 bridgehead atoms. The summed E-state index contributed by atoms with van der Waals surface area (Å²) in [6.45, 7) is 10.3. The first-order chi connectivity index (χ1) is 23.3. The highest BCUT2D eigenvalue weighted by atomic mass is 28.4. The summed E-state index contributed by atoms with van der Waals surface area (Å²) in [6.07, 6.45) is 3.39. The van der Waals surface area contributed by atoms with Gasteiger partial charge in [0, 0.05) is 26.2 Å². The zero-order valence-electron chi connectivity index (χ0n) is 29.4. The van der Waals surface area contributed by atoms with E-state index in [0.717, 1.165) is 32.5 Å². The van der Waals surface area contributed by atoms with Crippen LogP contribution in [0.15, 0.2) is 85.5 Å². The largest absolute Gasteiger partial charge is 0.533 e. The molecule has 2 aromatic heterocycles. The van der Waals surface area contributed by atoms with Crippen LogP contribution in [0, 0.1) is 13.8 Å². The maximum Gasteiger partial charge on any atom is 0.341 e. The lowest BCUT2D eigenvalue weighted by Gasteiger charge is -2.43. The van der Waals surface area contributed by atoms with Gasteiger partial charge in [0.1, 0.15) is 22.6 Å². The summed E-state index contributed by atoms with van der Waals surface area (Å²) in [6, 6.07) is 24.2. The number of imidazole rings is 2. The molecule has 0 saturated heterocycles. The molecule has 0 unspecified atom stereocenters. The van der Waals surface area contributed by atoms with Gasteiger partial charge in [-0.25, -0.2) is 19.6 Å². The molecule has 0 spiro atoms. The number of aromatic nitrogens is 4. The van der Waals surface area contributed by atoms with Crippen LogP contribution in [0.1, 0.15) is 52.6 Å². The van der Waals surface area contributed by atoms with Crippen molar-refractivity contribution in [3.8, 4) is 11.5 Å². The molecule has 6 rings (SSSR count). The van der Waals surface area contributed by atoms with E-state index in [4.69, 9.17) is 9.16 Å². The number of phenolic OH excluding ortho intramolecular Hbond substituents is 1. The van der Waals surface area contributed by atoms with Gasteiger partial charge < -0.3 is 28.1 Å². The maximum atomic E-state index is 13.0. The van der Waals surface area contributed by atoms with E-state index >= 15 is 0 Å². The minimum absolute atomic E-state index is 0.0829. The van der Waals surface area contributed by atoms with Gasteiger partial charge in [-0.3, -0.25) is 0 Å². The van der Waals surface area contributed by atoms with Crippen LogP contribution in [0.3, 0.4) is 0 Å². The molecule has 11 heteroatoms. The fourth-order valence-electron chi connectivity index (χ4n) is 6.42. The van der Waals surface area contributed by atoms with Crippen molar-refractivity contribution in [3.63, 3.8) is 0 Å². The Kier molecular flexibility index (Phi) is 9.68. The van der Waals surface area contributed by atoms with Gasteiger partial charge in [-0.2, -0.15) is 0 Å². The van der Waals surface area contributed by atoms with E-state index in [1.807, 2.05) is 68.1 Å². The van der Waals surface area contributed by atoms with Crippen molar-refractivity contribution in [1.29, 1.82) is 0 Å². The van der Waals surface area contributed by atoms with Crippen molar-refractivity contribution in [1.82, 2.24) is 19.1 Å². The number of hydrogen-bond acceptors (Lipinski definition) is 8. The van der Waals surface area contributed by atoms with Crippen LogP contribution in [0.25, 0.3) is 22.1 Å². The molecule has 0 aliphatic rings. The fourth-order valence-corrected chi connectivity index (χ4v) is 10.8. The van der Waals surface area contributed by atoms with Crippen LogP contribution in [0.4, 0.5) is 0 Å². The molecular weight excluding hydrogens is 637 g/mol. The van der Waals surface area contributed by atoms with Crippen LogP contribution in [-0.2, 0) is 23.6 Å². The van der Waals surface area contributed by atoms with E-state index in [2.05, 4.69) is 59.7 Å². The minimum atomic E-state index is -2.92. The number of methoxy groups -OCH3 is 2. The van der Waals surface area contributed by atoms with Crippen LogP contribution < -0.4 is 14.8 Å². The third-order valence-corrected chi connectivity index (χ3v) is 13.9. The molecule has 0 fully saturated rings. The summed E-state index contributed by atoms with van der Waals surface area (Å²) in [5.41, 5.74) is 5.14. The highest BCUT2D eigenvalue weighted by molar-refractivity contribution is 7.00. The molecular formula is C38H42N4O6Si. The Balaban J connectivity index is 0.000000244. The van der Waals surface area contributed by atoms with E-state index < -0.39 is 20.3 Å². The van der Waals surface area contributed by atoms with Crippen LogP contribution >= 0.6 is 0 Å². The van der Waals surface area contributed by atoms with Crippen LogP contribution in [-0.4, -0.2) is 58.7 Å². The molecule has 10 nitrogen and oxygen atoms in total.